The highest BCUT2D eigenvalue weighted by Crippen LogP contribution is 2.02. The quantitative estimate of drug-likeness (QED) is 0.368. The summed E-state index contributed by atoms with van der Waals surface area (Å²) in [5.74, 6) is 0.496. The third-order valence-corrected chi connectivity index (χ3v) is 2.40. The van der Waals surface area contributed by atoms with Gasteiger partial charge in [-0.1, -0.05) is 58.3 Å². The number of hydrogen-bond acceptors (Lipinski definition) is 1. The van der Waals surface area contributed by atoms with Gasteiger partial charge in [0.15, 0.2) is 0 Å². The van der Waals surface area contributed by atoms with Crippen LogP contribution in [0.1, 0.15) is 52.9 Å². The van der Waals surface area contributed by atoms with Gasteiger partial charge in [0, 0.05) is 12.6 Å². The van der Waals surface area contributed by atoms with E-state index in [1.165, 1.54) is 25.7 Å². The lowest BCUT2D eigenvalue weighted by atomic mass is 10.1. The maximum absolute atomic E-state index is 11.3. The lowest BCUT2D eigenvalue weighted by molar-refractivity contribution is -0.116. The Hall–Kier alpha value is -1.05. The largest absolute Gasteiger partial charge is 0.352 e. The first-order valence-electron chi connectivity index (χ1n) is 6.77. The molecule has 0 aromatic carbocycles. The molecular weight excluding hydrogens is 210 g/mol. The van der Waals surface area contributed by atoms with E-state index in [-0.39, 0.29) is 5.91 Å². The Labute approximate surface area is 106 Å². The van der Waals surface area contributed by atoms with Gasteiger partial charge in [-0.05, 0) is 18.8 Å². The van der Waals surface area contributed by atoms with Gasteiger partial charge >= 0.3 is 0 Å². The zero-order valence-corrected chi connectivity index (χ0v) is 11.5. The molecule has 0 aliphatic rings. The third-order valence-electron chi connectivity index (χ3n) is 2.40. The van der Waals surface area contributed by atoms with Crippen LogP contribution in [0.3, 0.4) is 0 Å². The number of rotatable bonds is 9. The van der Waals surface area contributed by atoms with Crippen LogP contribution in [0.15, 0.2) is 24.3 Å². The average Bonchev–Trinajstić information content (AvgIpc) is 2.30. The monoisotopic (exact) mass is 237 g/mol. The van der Waals surface area contributed by atoms with E-state index in [2.05, 4.69) is 32.2 Å². The molecule has 0 bridgehead atoms. The third kappa shape index (κ3) is 12.9. The minimum Gasteiger partial charge on any atom is -0.352 e. The molecule has 0 atom stereocenters. The van der Waals surface area contributed by atoms with Crippen LogP contribution >= 0.6 is 0 Å². The van der Waals surface area contributed by atoms with Gasteiger partial charge in [-0.3, -0.25) is 4.79 Å². The van der Waals surface area contributed by atoms with Crippen molar-refractivity contribution in [2.24, 2.45) is 5.92 Å². The number of carbonyl (C=O) groups is 1. The summed E-state index contributed by atoms with van der Waals surface area (Å²) < 4.78 is 0. The second kappa shape index (κ2) is 11.4. The predicted molar refractivity (Wildman–Crippen MR) is 74.9 cm³/mol. The van der Waals surface area contributed by atoms with E-state index in [4.69, 9.17) is 0 Å². The van der Waals surface area contributed by atoms with Crippen LogP contribution in [-0.2, 0) is 4.79 Å². The van der Waals surface area contributed by atoms with Gasteiger partial charge in [0.1, 0.15) is 0 Å². The Balaban J connectivity index is 3.50. The second-order valence-electron chi connectivity index (χ2n) is 4.78. The summed E-state index contributed by atoms with van der Waals surface area (Å²) in [7, 11) is 0. The van der Waals surface area contributed by atoms with Crippen LogP contribution in [0.2, 0.25) is 0 Å². The van der Waals surface area contributed by atoms with Crippen molar-refractivity contribution in [2.45, 2.75) is 52.9 Å². The first kappa shape index (κ1) is 16.0. The van der Waals surface area contributed by atoms with Gasteiger partial charge in [-0.15, -0.1) is 0 Å². The van der Waals surface area contributed by atoms with E-state index < -0.39 is 0 Å². The lowest BCUT2D eigenvalue weighted by Crippen LogP contribution is -2.25. The zero-order valence-electron chi connectivity index (χ0n) is 11.5. The van der Waals surface area contributed by atoms with Crippen LogP contribution in [0.4, 0.5) is 0 Å². The van der Waals surface area contributed by atoms with Crippen LogP contribution in [0.5, 0.6) is 0 Å². The Bertz CT molecular complexity index is 241. The van der Waals surface area contributed by atoms with Crippen LogP contribution in [-0.4, -0.2) is 12.5 Å². The number of amides is 1. The van der Waals surface area contributed by atoms with Crippen LogP contribution < -0.4 is 5.32 Å². The van der Waals surface area contributed by atoms with Crippen molar-refractivity contribution in [2.75, 3.05) is 6.54 Å². The minimum atomic E-state index is -0.00525. The number of nitrogens with one attached hydrogen (secondary N) is 1. The van der Waals surface area contributed by atoms with Crippen molar-refractivity contribution in [1.82, 2.24) is 5.32 Å². The fourth-order valence-corrected chi connectivity index (χ4v) is 1.37. The van der Waals surface area contributed by atoms with Gasteiger partial charge in [0.05, 0.1) is 0 Å². The SMILES string of the molecule is CCCCCC/C=C/C=C/C(=O)NCC(C)C. The Kier molecular flexibility index (Phi) is 10.7. The van der Waals surface area contributed by atoms with Gasteiger partial charge in [0.2, 0.25) is 5.91 Å². The molecule has 0 radical (unpaired) electrons. The van der Waals surface area contributed by atoms with E-state index in [0.29, 0.717) is 5.92 Å². The fraction of sp³-hybridized carbons (Fsp3) is 0.667. The maximum atomic E-state index is 11.3. The van der Waals surface area contributed by atoms with E-state index in [1.54, 1.807) is 6.08 Å². The smallest absolute Gasteiger partial charge is 0.243 e. The molecular formula is C15H27NO. The van der Waals surface area contributed by atoms with Crippen molar-refractivity contribution < 1.29 is 4.79 Å². The van der Waals surface area contributed by atoms with E-state index >= 15 is 0 Å². The van der Waals surface area contributed by atoms with Crippen LogP contribution in [0.25, 0.3) is 0 Å². The Morgan fingerprint density at radius 3 is 2.59 bits per heavy atom. The highest BCUT2D eigenvalue weighted by Gasteiger charge is 1.95. The lowest BCUT2D eigenvalue weighted by Gasteiger charge is -2.03. The molecule has 0 fully saturated rings. The second-order valence-corrected chi connectivity index (χ2v) is 4.78. The summed E-state index contributed by atoms with van der Waals surface area (Å²) in [6.45, 7) is 7.12. The Morgan fingerprint density at radius 1 is 1.18 bits per heavy atom. The summed E-state index contributed by atoms with van der Waals surface area (Å²) in [5.41, 5.74) is 0. The number of unbranched alkanes of at least 4 members (excludes halogenated alkanes) is 4. The first-order chi connectivity index (χ1) is 8.16. The standard InChI is InChI=1S/C15H27NO/c1-4-5-6-7-8-9-10-11-12-15(17)16-13-14(2)3/h9-12,14H,4-8,13H2,1-3H3,(H,16,17)/b10-9+,12-11+. The van der Waals surface area contributed by atoms with Crippen molar-refractivity contribution >= 4 is 5.91 Å². The van der Waals surface area contributed by atoms with Gasteiger partial charge in [-0.2, -0.15) is 0 Å². The molecule has 0 heterocycles. The number of carbonyl (C=O) groups excluding carboxylic acids is 1. The van der Waals surface area contributed by atoms with Crippen molar-refractivity contribution in [1.29, 1.82) is 0 Å². The molecule has 0 aliphatic heterocycles. The summed E-state index contributed by atoms with van der Waals surface area (Å²) >= 11 is 0. The summed E-state index contributed by atoms with van der Waals surface area (Å²) in [4.78, 5) is 11.3. The van der Waals surface area contributed by atoms with Gasteiger partial charge < -0.3 is 5.32 Å². The van der Waals surface area contributed by atoms with E-state index in [1.807, 2.05) is 12.2 Å². The molecule has 1 amide bonds. The molecule has 0 spiro atoms. The molecule has 0 aliphatic carbocycles. The Morgan fingerprint density at radius 2 is 1.94 bits per heavy atom. The molecule has 0 saturated carbocycles. The molecule has 0 aromatic rings. The molecule has 0 rings (SSSR count). The van der Waals surface area contributed by atoms with Crippen molar-refractivity contribution in [3.05, 3.63) is 24.3 Å². The molecule has 17 heavy (non-hydrogen) atoms. The highest BCUT2D eigenvalue weighted by molar-refractivity contribution is 5.87. The average molecular weight is 237 g/mol. The van der Waals surface area contributed by atoms with Crippen LogP contribution in [0, 0.1) is 5.92 Å². The minimum absolute atomic E-state index is 0.00525. The molecule has 0 unspecified atom stereocenters. The van der Waals surface area contributed by atoms with E-state index in [0.717, 1.165) is 13.0 Å². The molecule has 0 aromatic heterocycles. The summed E-state index contributed by atoms with van der Waals surface area (Å²) in [6, 6.07) is 0. The first-order valence-corrected chi connectivity index (χ1v) is 6.77. The summed E-state index contributed by atoms with van der Waals surface area (Å²) in [6.07, 6.45) is 13.7. The molecule has 98 valence electrons. The molecule has 2 heteroatoms. The van der Waals surface area contributed by atoms with E-state index in [9.17, 15) is 4.79 Å². The predicted octanol–water partition coefficient (Wildman–Crippen LogP) is 3.84. The number of hydrogen-bond donors (Lipinski definition) is 1. The van der Waals surface area contributed by atoms with Gasteiger partial charge in [0.25, 0.3) is 0 Å². The van der Waals surface area contributed by atoms with Gasteiger partial charge in [-0.25, -0.2) is 0 Å². The fourth-order valence-electron chi connectivity index (χ4n) is 1.37. The van der Waals surface area contributed by atoms with Crippen molar-refractivity contribution in [3.8, 4) is 0 Å². The maximum Gasteiger partial charge on any atom is 0.243 e. The topological polar surface area (TPSA) is 29.1 Å². The molecule has 1 N–H and O–H groups in total. The summed E-state index contributed by atoms with van der Waals surface area (Å²) in [5, 5.41) is 2.84. The van der Waals surface area contributed by atoms with Crippen molar-refractivity contribution in [3.63, 3.8) is 0 Å². The zero-order chi connectivity index (χ0) is 12.9. The number of allylic oxidation sites excluding steroid dienone is 3. The molecule has 0 saturated heterocycles. The molecule has 2 nitrogen and oxygen atoms in total. The highest BCUT2D eigenvalue weighted by atomic mass is 16.1. The normalized spacial score (nSPS) is 11.8.